The maximum absolute atomic E-state index is 12.5. The number of ketones is 1. The average Bonchev–Trinajstić information content (AvgIpc) is 2.70. The number of nitrogens with zero attached hydrogens (tertiary/aromatic N) is 1. The van der Waals surface area contributed by atoms with Gasteiger partial charge in [0.15, 0.2) is 5.78 Å². The van der Waals surface area contributed by atoms with Gasteiger partial charge in [0.2, 0.25) is 5.91 Å². The molecule has 1 fully saturated rings. The molecule has 8 heteroatoms. The lowest BCUT2D eigenvalue weighted by Crippen LogP contribution is -2.40. The van der Waals surface area contributed by atoms with Crippen LogP contribution < -0.4 is 10.1 Å². The fourth-order valence-corrected chi connectivity index (χ4v) is 3.59. The van der Waals surface area contributed by atoms with Crippen molar-refractivity contribution >= 4 is 29.0 Å². The summed E-state index contributed by atoms with van der Waals surface area (Å²) >= 11 is 5.89. The van der Waals surface area contributed by atoms with Crippen LogP contribution in [0.5, 0.6) is 5.75 Å². The van der Waals surface area contributed by atoms with Gasteiger partial charge in [-0.1, -0.05) is 41.9 Å². The molecule has 0 aliphatic carbocycles. The zero-order chi connectivity index (χ0) is 20.8. The van der Waals surface area contributed by atoms with Gasteiger partial charge in [0.25, 0.3) is 0 Å². The summed E-state index contributed by atoms with van der Waals surface area (Å²) in [4.78, 5) is 26.8. The van der Waals surface area contributed by atoms with Crippen LogP contribution in [0.25, 0.3) is 0 Å². The second-order valence-corrected chi connectivity index (χ2v) is 7.26. The Labute approximate surface area is 172 Å². The molecule has 2 aromatic rings. The van der Waals surface area contributed by atoms with Crippen LogP contribution in [0.1, 0.15) is 23.2 Å². The molecule has 0 atom stereocenters. The maximum atomic E-state index is 12.5. The SMILES string of the molecule is O=C(CN1CCC(C(=O)c2ccccc2)CC1)Nc1ccc(OC(F)F)c(Cl)c1. The van der Waals surface area contributed by atoms with Gasteiger partial charge in [0.1, 0.15) is 5.75 Å². The highest BCUT2D eigenvalue weighted by Gasteiger charge is 2.26. The van der Waals surface area contributed by atoms with Crippen LogP contribution in [0.2, 0.25) is 5.02 Å². The van der Waals surface area contributed by atoms with Gasteiger partial charge < -0.3 is 10.1 Å². The number of amides is 1. The molecule has 29 heavy (non-hydrogen) atoms. The Kier molecular flexibility index (Phi) is 7.17. The van der Waals surface area contributed by atoms with E-state index < -0.39 is 6.61 Å². The van der Waals surface area contributed by atoms with Gasteiger partial charge in [-0.2, -0.15) is 8.78 Å². The zero-order valence-electron chi connectivity index (χ0n) is 15.6. The molecule has 0 aromatic heterocycles. The van der Waals surface area contributed by atoms with E-state index in [1.807, 2.05) is 35.2 Å². The number of anilines is 1. The first kappa shape index (κ1) is 21.2. The van der Waals surface area contributed by atoms with Crippen LogP contribution >= 0.6 is 11.6 Å². The van der Waals surface area contributed by atoms with Crippen molar-refractivity contribution in [1.29, 1.82) is 0 Å². The average molecular weight is 423 g/mol. The Balaban J connectivity index is 1.47. The number of carbonyl (C=O) groups excluding carboxylic acids is 2. The highest BCUT2D eigenvalue weighted by molar-refractivity contribution is 6.32. The van der Waals surface area contributed by atoms with Gasteiger partial charge in [-0.05, 0) is 44.1 Å². The number of rotatable bonds is 7. The third-order valence-electron chi connectivity index (χ3n) is 4.82. The van der Waals surface area contributed by atoms with Crippen molar-refractivity contribution in [2.24, 2.45) is 5.92 Å². The molecule has 1 saturated heterocycles. The van der Waals surface area contributed by atoms with Gasteiger partial charge in [-0.25, -0.2) is 0 Å². The van der Waals surface area contributed by atoms with E-state index in [9.17, 15) is 18.4 Å². The molecule has 3 rings (SSSR count). The molecular formula is C21H21ClF2N2O3. The quantitative estimate of drug-likeness (QED) is 0.668. The minimum Gasteiger partial charge on any atom is -0.433 e. The van der Waals surface area contributed by atoms with Crippen LogP contribution in [0.3, 0.4) is 0 Å². The number of Topliss-reactive ketones (excluding diaryl/α,β-unsaturated/α-hetero) is 1. The highest BCUT2D eigenvalue weighted by Crippen LogP contribution is 2.29. The van der Waals surface area contributed by atoms with Gasteiger partial charge >= 0.3 is 6.61 Å². The van der Waals surface area contributed by atoms with Crippen LogP contribution in [-0.4, -0.2) is 42.8 Å². The standard InChI is InChI=1S/C21H21ClF2N2O3/c22-17-12-16(6-7-18(17)29-21(23)24)25-19(27)13-26-10-8-15(9-11-26)20(28)14-4-2-1-3-5-14/h1-7,12,15,21H,8-11,13H2,(H,25,27). The van der Waals surface area contributed by atoms with Crippen molar-refractivity contribution in [3.05, 3.63) is 59.1 Å². The van der Waals surface area contributed by atoms with Crippen molar-refractivity contribution in [3.8, 4) is 5.75 Å². The molecule has 0 saturated carbocycles. The molecular weight excluding hydrogens is 402 g/mol. The molecule has 0 bridgehead atoms. The zero-order valence-corrected chi connectivity index (χ0v) is 16.4. The number of alkyl halides is 2. The lowest BCUT2D eigenvalue weighted by Gasteiger charge is -2.30. The van der Waals surface area contributed by atoms with Gasteiger partial charge in [-0.3, -0.25) is 14.5 Å². The molecule has 5 nitrogen and oxygen atoms in total. The van der Waals surface area contributed by atoms with Crippen LogP contribution in [0, 0.1) is 5.92 Å². The molecule has 1 N–H and O–H groups in total. The molecule has 154 valence electrons. The first-order valence-electron chi connectivity index (χ1n) is 9.28. The summed E-state index contributed by atoms with van der Waals surface area (Å²) in [5, 5.41) is 2.68. The molecule has 1 aliphatic rings. The Morgan fingerprint density at radius 3 is 2.45 bits per heavy atom. The molecule has 1 amide bonds. The topological polar surface area (TPSA) is 58.6 Å². The van der Waals surface area contributed by atoms with E-state index in [2.05, 4.69) is 10.1 Å². The number of likely N-dealkylation sites (tertiary alicyclic amines) is 1. The lowest BCUT2D eigenvalue weighted by molar-refractivity contribution is -0.117. The predicted octanol–water partition coefficient (Wildman–Crippen LogP) is 4.47. The van der Waals surface area contributed by atoms with Crippen molar-refractivity contribution in [1.82, 2.24) is 4.90 Å². The fraction of sp³-hybridized carbons (Fsp3) is 0.333. The summed E-state index contributed by atoms with van der Waals surface area (Å²) in [7, 11) is 0. The number of hydrogen-bond donors (Lipinski definition) is 1. The van der Waals surface area contributed by atoms with Crippen molar-refractivity contribution < 1.29 is 23.1 Å². The van der Waals surface area contributed by atoms with Gasteiger partial charge in [0, 0.05) is 17.2 Å². The van der Waals surface area contributed by atoms with Crippen molar-refractivity contribution in [2.45, 2.75) is 19.5 Å². The first-order chi connectivity index (χ1) is 13.9. The molecule has 0 radical (unpaired) electrons. The van der Waals surface area contributed by atoms with E-state index in [0.29, 0.717) is 31.6 Å². The number of halogens is 3. The van der Waals surface area contributed by atoms with Crippen LogP contribution in [-0.2, 0) is 4.79 Å². The molecule has 0 spiro atoms. The van der Waals surface area contributed by atoms with Crippen molar-refractivity contribution in [3.63, 3.8) is 0 Å². The highest BCUT2D eigenvalue weighted by atomic mass is 35.5. The lowest BCUT2D eigenvalue weighted by atomic mass is 9.89. The number of carbonyl (C=O) groups is 2. The summed E-state index contributed by atoms with van der Waals surface area (Å²) in [6.45, 7) is -1.49. The Hall–Kier alpha value is -2.51. The minimum atomic E-state index is -2.97. The van der Waals surface area contributed by atoms with Gasteiger partial charge in [-0.15, -0.1) is 0 Å². The number of ether oxygens (including phenoxy) is 1. The predicted molar refractivity (Wildman–Crippen MR) is 107 cm³/mol. The first-order valence-corrected chi connectivity index (χ1v) is 9.66. The Bertz CT molecular complexity index is 856. The van der Waals surface area contributed by atoms with E-state index in [1.54, 1.807) is 0 Å². The summed E-state index contributed by atoms with van der Waals surface area (Å²) in [6, 6.07) is 13.3. The largest absolute Gasteiger partial charge is 0.433 e. The summed E-state index contributed by atoms with van der Waals surface area (Å²) in [6.07, 6.45) is 1.40. The minimum absolute atomic E-state index is 0.0108. The Morgan fingerprint density at radius 2 is 1.83 bits per heavy atom. The monoisotopic (exact) mass is 422 g/mol. The van der Waals surface area contributed by atoms with E-state index >= 15 is 0 Å². The molecule has 0 unspecified atom stereocenters. The second kappa shape index (κ2) is 9.80. The van der Waals surface area contributed by atoms with E-state index in [4.69, 9.17) is 11.6 Å². The molecule has 1 aliphatic heterocycles. The fourth-order valence-electron chi connectivity index (χ4n) is 3.37. The number of nitrogens with one attached hydrogen (secondary N) is 1. The second-order valence-electron chi connectivity index (χ2n) is 6.85. The summed E-state index contributed by atoms with van der Waals surface area (Å²) in [5.74, 6) is -0.269. The van der Waals surface area contributed by atoms with E-state index in [1.165, 1.54) is 18.2 Å². The van der Waals surface area contributed by atoms with Crippen LogP contribution in [0.15, 0.2) is 48.5 Å². The molecule has 1 heterocycles. The third-order valence-corrected chi connectivity index (χ3v) is 5.11. The van der Waals surface area contributed by atoms with Gasteiger partial charge in [0.05, 0.1) is 11.6 Å². The van der Waals surface area contributed by atoms with E-state index in [-0.39, 0.29) is 34.9 Å². The maximum Gasteiger partial charge on any atom is 0.387 e. The normalized spacial score (nSPS) is 15.3. The third kappa shape index (κ3) is 5.98. The summed E-state index contributed by atoms with van der Waals surface area (Å²) < 4.78 is 28.8. The number of hydrogen-bond acceptors (Lipinski definition) is 4. The van der Waals surface area contributed by atoms with E-state index in [0.717, 1.165) is 5.56 Å². The van der Waals surface area contributed by atoms with Crippen LogP contribution in [0.4, 0.5) is 14.5 Å². The smallest absolute Gasteiger partial charge is 0.387 e. The Morgan fingerprint density at radius 1 is 1.14 bits per heavy atom. The molecule has 2 aromatic carbocycles. The van der Waals surface area contributed by atoms with Crippen molar-refractivity contribution in [2.75, 3.05) is 25.0 Å². The number of piperidine rings is 1. The number of benzene rings is 2. The summed E-state index contributed by atoms with van der Waals surface area (Å²) in [5.41, 5.74) is 1.12.